The molecule has 0 radical (unpaired) electrons. The van der Waals surface area contributed by atoms with Crippen molar-refractivity contribution in [3.05, 3.63) is 69.4 Å². The van der Waals surface area contributed by atoms with Crippen LogP contribution in [0.5, 0.6) is 0 Å². The van der Waals surface area contributed by atoms with Crippen molar-refractivity contribution in [2.75, 3.05) is 23.7 Å². The molecule has 2 aromatic carbocycles. The number of benzene rings is 2. The summed E-state index contributed by atoms with van der Waals surface area (Å²) in [5.74, 6) is -0.470. The zero-order valence-electron chi connectivity index (χ0n) is 18.2. The largest absolute Gasteiger partial charge is 0.357 e. The summed E-state index contributed by atoms with van der Waals surface area (Å²) in [4.78, 5) is 37.1. The molecule has 0 saturated carbocycles. The van der Waals surface area contributed by atoms with Gasteiger partial charge in [0.2, 0.25) is 0 Å². The Hall–Kier alpha value is -3.16. The highest BCUT2D eigenvalue weighted by Crippen LogP contribution is 2.29. The van der Waals surface area contributed by atoms with E-state index in [0.29, 0.717) is 52.6 Å². The Morgan fingerprint density at radius 1 is 1.00 bits per heavy atom. The summed E-state index contributed by atoms with van der Waals surface area (Å²) >= 11 is 6.33. The van der Waals surface area contributed by atoms with Gasteiger partial charge in [-0.1, -0.05) is 17.7 Å². The number of carbonyl (C=O) groups is 3. The summed E-state index contributed by atoms with van der Waals surface area (Å²) in [5.41, 5.74) is 9.71. The molecule has 0 saturated heterocycles. The molecule has 1 aliphatic carbocycles. The van der Waals surface area contributed by atoms with Crippen LogP contribution in [0.15, 0.2) is 47.7 Å². The lowest BCUT2D eigenvalue weighted by Gasteiger charge is -2.19. The molecule has 168 valence electrons. The first-order chi connectivity index (χ1) is 15.3. The number of rotatable bonds is 7. The first kappa shape index (κ1) is 23.5. The van der Waals surface area contributed by atoms with Gasteiger partial charge in [-0.15, -0.1) is 0 Å². The van der Waals surface area contributed by atoms with Gasteiger partial charge in [0, 0.05) is 47.6 Å². The minimum Gasteiger partial charge on any atom is -0.357 e. The Morgan fingerprint density at radius 2 is 1.69 bits per heavy atom. The number of halogens is 1. The van der Waals surface area contributed by atoms with E-state index in [1.807, 2.05) is 6.92 Å². The van der Waals surface area contributed by atoms with Crippen LogP contribution in [0.4, 0.5) is 11.4 Å². The summed E-state index contributed by atoms with van der Waals surface area (Å²) < 4.78 is 0. The molecular formula is C24H27ClN4O3. The van der Waals surface area contributed by atoms with Crippen LogP contribution in [0.2, 0.25) is 5.02 Å². The van der Waals surface area contributed by atoms with Gasteiger partial charge in [0.25, 0.3) is 11.8 Å². The van der Waals surface area contributed by atoms with Gasteiger partial charge in [-0.3, -0.25) is 14.4 Å². The number of anilines is 2. The molecule has 2 amide bonds. The maximum Gasteiger partial charge on any atom is 0.255 e. The first-order valence-electron chi connectivity index (χ1n) is 10.5. The zero-order chi connectivity index (χ0) is 23.3. The molecule has 32 heavy (non-hydrogen) atoms. The van der Waals surface area contributed by atoms with E-state index < -0.39 is 0 Å². The van der Waals surface area contributed by atoms with Crippen LogP contribution >= 0.6 is 11.6 Å². The van der Waals surface area contributed by atoms with Crippen LogP contribution in [0.25, 0.3) is 0 Å². The number of Topliss-reactive ketones (excluding diaryl/α,β-unsaturated/α-hetero) is 1. The van der Waals surface area contributed by atoms with Crippen LogP contribution < -0.4 is 21.7 Å². The summed E-state index contributed by atoms with van der Waals surface area (Å²) in [6.45, 7) is 4.37. The van der Waals surface area contributed by atoms with Gasteiger partial charge >= 0.3 is 0 Å². The van der Waals surface area contributed by atoms with Crippen molar-refractivity contribution in [1.29, 1.82) is 0 Å². The molecule has 3 rings (SSSR count). The molecule has 0 spiro atoms. The van der Waals surface area contributed by atoms with E-state index >= 15 is 0 Å². The Bertz CT molecular complexity index is 1090. The molecule has 0 unspecified atom stereocenters. The third-order valence-electron chi connectivity index (χ3n) is 5.39. The van der Waals surface area contributed by atoms with Crippen LogP contribution in [0, 0.1) is 6.92 Å². The lowest BCUT2D eigenvalue weighted by Crippen LogP contribution is -2.29. The molecule has 0 aromatic heterocycles. The summed E-state index contributed by atoms with van der Waals surface area (Å²) in [7, 11) is 0. The lowest BCUT2D eigenvalue weighted by molar-refractivity contribution is -0.116. The van der Waals surface area contributed by atoms with Crippen LogP contribution in [-0.2, 0) is 4.79 Å². The topological polar surface area (TPSA) is 113 Å². The fourth-order valence-corrected chi connectivity index (χ4v) is 3.60. The highest BCUT2D eigenvalue weighted by Gasteiger charge is 2.18. The standard InChI is InChI=1S/C24H27ClN4O3/c1-14-6-7-16(23(31)27-11-10-26)12-20(14)29-24(32)17-8-9-18(25)21(13-17)28-19-4-3-5-22(30)15(19)2/h6-9,12-13,28H,3-5,10-11,26H2,1-2H3,(H,27,31)(H,29,32). The van der Waals surface area contributed by atoms with Gasteiger partial charge in [0.15, 0.2) is 5.78 Å². The molecule has 8 heteroatoms. The zero-order valence-corrected chi connectivity index (χ0v) is 18.9. The second kappa shape index (κ2) is 10.4. The number of nitrogens with one attached hydrogen (secondary N) is 3. The van der Waals surface area contributed by atoms with Crippen molar-refractivity contribution in [3.63, 3.8) is 0 Å². The van der Waals surface area contributed by atoms with Crippen molar-refractivity contribution >= 4 is 40.6 Å². The molecule has 0 bridgehead atoms. The second-order valence-corrected chi connectivity index (χ2v) is 8.14. The van der Waals surface area contributed by atoms with Gasteiger partial charge in [-0.05, 0) is 62.6 Å². The number of ketones is 1. The number of allylic oxidation sites excluding steroid dienone is 2. The predicted molar refractivity (Wildman–Crippen MR) is 127 cm³/mol. The number of aryl methyl sites for hydroxylation is 1. The van der Waals surface area contributed by atoms with E-state index in [4.69, 9.17) is 17.3 Å². The van der Waals surface area contributed by atoms with Gasteiger partial charge in [-0.2, -0.15) is 0 Å². The third kappa shape index (κ3) is 5.55. The number of amides is 2. The highest BCUT2D eigenvalue weighted by atomic mass is 35.5. The smallest absolute Gasteiger partial charge is 0.255 e. The van der Waals surface area contributed by atoms with Crippen LogP contribution in [0.3, 0.4) is 0 Å². The van der Waals surface area contributed by atoms with Crippen molar-refractivity contribution in [1.82, 2.24) is 5.32 Å². The third-order valence-corrected chi connectivity index (χ3v) is 5.72. The van der Waals surface area contributed by atoms with E-state index in [1.165, 1.54) is 0 Å². The Morgan fingerprint density at radius 3 is 2.44 bits per heavy atom. The Balaban J connectivity index is 1.80. The molecule has 1 aliphatic rings. The van der Waals surface area contributed by atoms with E-state index in [0.717, 1.165) is 24.1 Å². The summed E-state index contributed by atoms with van der Waals surface area (Å²) in [6.07, 6.45) is 2.09. The molecule has 2 aromatic rings. The molecular weight excluding hydrogens is 428 g/mol. The van der Waals surface area contributed by atoms with E-state index in [1.54, 1.807) is 43.3 Å². The van der Waals surface area contributed by atoms with E-state index in [9.17, 15) is 14.4 Å². The second-order valence-electron chi connectivity index (χ2n) is 7.73. The Kier molecular flexibility index (Phi) is 7.66. The number of nitrogens with two attached hydrogens (primary N) is 1. The number of hydrogen-bond acceptors (Lipinski definition) is 5. The first-order valence-corrected chi connectivity index (χ1v) is 10.9. The van der Waals surface area contributed by atoms with E-state index in [2.05, 4.69) is 16.0 Å². The molecule has 0 fully saturated rings. The molecule has 7 nitrogen and oxygen atoms in total. The molecule has 0 aliphatic heterocycles. The van der Waals surface area contributed by atoms with Crippen molar-refractivity contribution < 1.29 is 14.4 Å². The minimum atomic E-state index is -0.335. The van der Waals surface area contributed by atoms with Gasteiger partial charge < -0.3 is 21.7 Å². The number of hydrogen-bond donors (Lipinski definition) is 4. The van der Waals surface area contributed by atoms with Crippen LogP contribution in [0.1, 0.15) is 52.5 Å². The highest BCUT2D eigenvalue weighted by molar-refractivity contribution is 6.33. The molecule has 0 heterocycles. The predicted octanol–water partition coefficient (Wildman–Crippen LogP) is 4.03. The number of carbonyl (C=O) groups excluding carboxylic acids is 3. The fourth-order valence-electron chi connectivity index (χ4n) is 3.43. The molecule has 0 atom stereocenters. The molecule has 5 N–H and O–H groups in total. The monoisotopic (exact) mass is 454 g/mol. The normalized spacial score (nSPS) is 13.7. The minimum absolute atomic E-state index is 0.120. The fraction of sp³-hybridized carbons (Fsp3) is 0.292. The Labute approximate surface area is 192 Å². The van der Waals surface area contributed by atoms with Gasteiger partial charge in [-0.25, -0.2) is 0 Å². The van der Waals surface area contributed by atoms with Crippen molar-refractivity contribution in [2.24, 2.45) is 5.73 Å². The van der Waals surface area contributed by atoms with E-state index in [-0.39, 0.29) is 17.6 Å². The average molecular weight is 455 g/mol. The maximum absolute atomic E-state index is 12.9. The van der Waals surface area contributed by atoms with Crippen molar-refractivity contribution in [3.8, 4) is 0 Å². The average Bonchev–Trinajstić information content (AvgIpc) is 2.78. The summed E-state index contributed by atoms with van der Waals surface area (Å²) in [5, 5.41) is 9.26. The maximum atomic E-state index is 12.9. The van der Waals surface area contributed by atoms with Crippen LogP contribution in [-0.4, -0.2) is 30.7 Å². The van der Waals surface area contributed by atoms with Gasteiger partial charge in [0.1, 0.15) is 0 Å². The van der Waals surface area contributed by atoms with Gasteiger partial charge in [0.05, 0.1) is 10.7 Å². The quantitative estimate of drug-likeness (QED) is 0.504. The van der Waals surface area contributed by atoms with Crippen molar-refractivity contribution in [2.45, 2.75) is 33.1 Å². The SMILES string of the molecule is CC1=C(Nc2cc(C(=O)Nc3cc(C(=O)NCCN)ccc3C)ccc2Cl)CCCC1=O. The lowest BCUT2D eigenvalue weighted by atomic mass is 9.96. The summed E-state index contributed by atoms with van der Waals surface area (Å²) in [6, 6.07) is 10.0.